The van der Waals surface area contributed by atoms with Gasteiger partial charge in [0.2, 0.25) is 21.8 Å². The first-order valence-corrected chi connectivity index (χ1v) is 15.1. The predicted octanol–water partition coefficient (Wildman–Crippen LogP) is 5.57. The molecule has 2 rings (SSSR count). The standard InChI is InChI=1S/C27H37Cl2N3O4S/c1-5-7-16-30-27(34)25(6-2)31(19-21-12-13-22(28)18-24(21)29)26(33)9-8-17-32(37(4,35)36)23-14-10-20(3)11-15-23/h10-15,18,25H,5-9,16-17,19H2,1-4H3,(H,30,34). The number of rotatable bonds is 14. The fraction of sp³-hybridized carbons (Fsp3) is 0.481. The van der Waals surface area contributed by atoms with Gasteiger partial charge in [-0.15, -0.1) is 0 Å². The quantitative estimate of drug-likeness (QED) is 0.301. The molecule has 0 heterocycles. The Labute approximate surface area is 231 Å². The van der Waals surface area contributed by atoms with E-state index >= 15 is 0 Å². The molecule has 204 valence electrons. The van der Waals surface area contributed by atoms with Gasteiger partial charge in [-0.25, -0.2) is 8.42 Å². The number of halogens is 2. The molecule has 0 aliphatic heterocycles. The van der Waals surface area contributed by atoms with Gasteiger partial charge in [0.1, 0.15) is 6.04 Å². The van der Waals surface area contributed by atoms with Gasteiger partial charge in [0, 0.05) is 36.1 Å². The van der Waals surface area contributed by atoms with Gasteiger partial charge in [-0.05, 0) is 56.0 Å². The van der Waals surface area contributed by atoms with Gasteiger partial charge in [0.05, 0.1) is 11.9 Å². The third kappa shape index (κ3) is 9.51. The van der Waals surface area contributed by atoms with Crippen molar-refractivity contribution in [3.05, 3.63) is 63.6 Å². The average molecular weight is 571 g/mol. The maximum atomic E-state index is 13.5. The predicted molar refractivity (Wildman–Crippen MR) is 152 cm³/mol. The molecule has 0 saturated heterocycles. The van der Waals surface area contributed by atoms with E-state index in [1.54, 1.807) is 30.3 Å². The maximum Gasteiger partial charge on any atom is 0.242 e. The summed E-state index contributed by atoms with van der Waals surface area (Å²) in [6.07, 6.45) is 3.72. The minimum Gasteiger partial charge on any atom is -0.354 e. The van der Waals surface area contributed by atoms with Crippen molar-refractivity contribution in [3.63, 3.8) is 0 Å². The van der Waals surface area contributed by atoms with Gasteiger partial charge in [0.15, 0.2) is 0 Å². The first-order valence-electron chi connectivity index (χ1n) is 12.5. The summed E-state index contributed by atoms with van der Waals surface area (Å²) in [5, 5.41) is 3.82. The van der Waals surface area contributed by atoms with Crippen LogP contribution in [0.1, 0.15) is 57.1 Å². The van der Waals surface area contributed by atoms with Crippen molar-refractivity contribution < 1.29 is 18.0 Å². The number of unbranched alkanes of at least 4 members (excludes halogenated alkanes) is 1. The number of hydrogen-bond acceptors (Lipinski definition) is 4. The number of aryl methyl sites for hydroxylation is 1. The molecule has 0 aliphatic rings. The van der Waals surface area contributed by atoms with Crippen molar-refractivity contribution in [2.75, 3.05) is 23.7 Å². The number of sulfonamides is 1. The van der Waals surface area contributed by atoms with Crippen LogP contribution in [-0.4, -0.2) is 50.5 Å². The number of nitrogens with one attached hydrogen (secondary N) is 1. The van der Waals surface area contributed by atoms with Gasteiger partial charge in [-0.3, -0.25) is 13.9 Å². The van der Waals surface area contributed by atoms with Crippen LogP contribution in [0.5, 0.6) is 0 Å². The van der Waals surface area contributed by atoms with E-state index in [9.17, 15) is 18.0 Å². The summed E-state index contributed by atoms with van der Waals surface area (Å²) in [6.45, 7) is 6.65. The summed E-state index contributed by atoms with van der Waals surface area (Å²) in [4.78, 5) is 28.0. The van der Waals surface area contributed by atoms with Crippen LogP contribution < -0.4 is 9.62 Å². The van der Waals surface area contributed by atoms with Gasteiger partial charge in [-0.2, -0.15) is 0 Å². The number of carbonyl (C=O) groups is 2. The molecule has 10 heteroatoms. The average Bonchev–Trinajstić information content (AvgIpc) is 2.83. The summed E-state index contributed by atoms with van der Waals surface area (Å²) in [5.41, 5.74) is 2.25. The van der Waals surface area contributed by atoms with E-state index in [1.165, 1.54) is 9.21 Å². The summed E-state index contributed by atoms with van der Waals surface area (Å²) in [6, 6.07) is 11.6. The second-order valence-electron chi connectivity index (χ2n) is 9.10. The van der Waals surface area contributed by atoms with Crippen LogP contribution in [-0.2, 0) is 26.2 Å². The first kappa shape index (κ1) is 30.9. The second kappa shape index (κ2) is 14.6. The van der Waals surface area contributed by atoms with Crippen molar-refractivity contribution in [2.45, 2.75) is 65.5 Å². The minimum atomic E-state index is -3.54. The normalized spacial score (nSPS) is 12.2. The third-order valence-electron chi connectivity index (χ3n) is 6.05. The molecule has 0 spiro atoms. The highest BCUT2D eigenvalue weighted by Crippen LogP contribution is 2.25. The first-order chi connectivity index (χ1) is 17.5. The van der Waals surface area contributed by atoms with Crippen LogP contribution in [0.4, 0.5) is 5.69 Å². The molecule has 0 fully saturated rings. The Bertz CT molecular complexity index is 1160. The largest absolute Gasteiger partial charge is 0.354 e. The maximum absolute atomic E-state index is 13.5. The highest BCUT2D eigenvalue weighted by atomic mass is 35.5. The highest BCUT2D eigenvalue weighted by Gasteiger charge is 2.29. The molecular weight excluding hydrogens is 533 g/mol. The van der Waals surface area contributed by atoms with Gasteiger partial charge < -0.3 is 10.2 Å². The lowest BCUT2D eigenvalue weighted by Crippen LogP contribution is -2.49. The topological polar surface area (TPSA) is 86.8 Å². The molecule has 0 saturated carbocycles. The fourth-order valence-corrected chi connectivity index (χ4v) is 5.41. The number of nitrogens with zero attached hydrogens (tertiary/aromatic N) is 2. The molecule has 7 nitrogen and oxygen atoms in total. The van der Waals surface area contributed by atoms with Gasteiger partial charge in [-0.1, -0.05) is 67.2 Å². The van der Waals surface area contributed by atoms with E-state index in [0.29, 0.717) is 40.7 Å². The van der Waals surface area contributed by atoms with Crippen molar-refractivity contribution in [2.24, 2.45) is 0 Å². The molecule has 0 aromatic heterocycles. The molecule has 2 aromatic rings. The van der Waals surface area contributed by atoms with Crippen LogP contribution in [0.25, 0.3) is 0 Å². The number of anilines is 1. The number of carbonyl (C=O) groups excluding carboxylic acids is 2. The Hall–Kier alpha value is -2.29. The Morgan fingerprint density at radius 3 is 2.27 bits per heavy atom. The highest BCUT2D eigenvalue weighted by molar-refractivity contribution is 7.92. The molecule has 0 radical (unpaired) electrons. The Balaban J connectivity index is 2.22. The Morgan fingerprint density at radius 2 is 1.70 bits per heavy atom. The molecule has 0 aliphatic carbocycles. The van der Waals surface area contributed by atoms with E-state index in [0.717, 1.165) is 24.7 Å². The summed E-state index contributed by atoms with van der Waals surface area (Å²) in [5.74, 6) is -0.465. The number of hydrogen-bond donors (Lipinski definition) is 1. The molecule has 1 atom stereocenters. The SMILES string of the molecule is CCCCNC(=O)C(CC)N(Cc1ccc(Cl)cc1Cl)C(=O)CCCN(c1ccc(C)cc1)S(C)(=O)=O. The van der Waals surface area contributed by atoms with Crippen LogP contribution >= 0.6 is 23.2 Å². The molecule has 1 unspecified atom stereocenters. The van der Waals surface area contributed by atoms with Crippen molar-refractivity contribution in [1.29, 1.82) is 0 Å². The van der Waals surface area contributed by atoms with E-state index in [-0.39, 0.29) is 31.3 Å². The van der Waals surface area contributed by atoms with E-state index in [1.807, 2.05) is 32.9 Å². The third-order valence-corrected chi connectivity index (χ3v) is 7.83. The van der Waals surface area contributed by atoms with E-state index < -0.39 is 16.1 Å². The fourth-order valence-electron chi connectivity index (χ4n) is 3.97. The summed E-state index contributed by atoms with van der Waals surface area (Å²) >= 11 is 12.4. The van der Waals surface area contributed by atoms with Crippen LogP contribution in [0.3, 0.4) is 0 Å². The lowest BCUT2D eigenvalue weighted by molar-refractivity contribution is -0.141. The van der Waals surface area contributed by atoms with Crippen LogP contribution in [0.15, 0.2) is 42.5 Å². The number of benzene rings is 2. The van der Waals surface area contributed by atoms with Crippen molar-refractivity contribution >= 4 is 50.7 Å². The summed E-state index contributed by atoms with van der Waals surface area (Å²) < 4.78 is 26.2. The zero-order valence-electron chi connectivity index (χ0n) is 22.0. The number of amides is 2. The molecule has 1 N–H and O–H groups in total. The summed E-state index contributed by atoms with van der Waals surface area (Å²) in [7, 11) is -3.54. The second-order valence-corrected chi connectivity index (χ2v) is 11.9. The lowest BCUT2D eigenvalue weighted by Gasteiger charge is -2.31. The molecule has 2 amide bonds. The lowest BCUT2D eigenvalue weighted by atomic mass is 10.1. The molecule has 37 heavy (non-hydrogen) atoms. The van der Waals surface area contributed by atoms with E-state index in [4.69, 9.17) is 23.2 Å². The zero-order valence-corrected chi connectivity index (χ0v) is 24.3. The monoisotopic (exact) mass is 569 g/mol. The Kier molecular flexibility index (Phi) is 12.2. The van der Waals surface area contributed by atoms with Crippen LogP contribution in [0.2, 0.25) is 10.0 Å². The van der Waals surface area contributed by atoms with E-state index in [2.05, 4.69) is 5.32 Å². The van der Waals surface area contributed by atoms with Crippen molar-refractivity contribution in [1.82, 2.24) is 10.2 Å². The molecular formula is C27H37Cl2N3O4S. The Morgan fingerprint density at radius 1 is 1.03 bits per heavy atom. The van der Waals surface area contributed by atoms with Crippen LogP contribution in [0, 0.1) is 6.92 Å². The minimum absolute atomic E-state index is 0.0713. The zero-order chi connectivity index (χ0) is 27.6. The van der Waals surface area contributed by atoms with Gasteiger partial charge in [0.25, 0.3) is 0 Å². The molecule has 0 bridgehead atoms. The van der Waals surface area contributed by atoms with Gasteiger partial charge >= 0.3 is 0 Å². The molecule has 2 aromatic carbocycles. The van der Waals surface area contributed by atoms with Crippen molar-refractivity contribution in [3.8, 4) is 0 Å². The smallest absolute Gasteiger partial charge is 0.242 e.